The molecule has 0 heterocycles. The Morgan fingerprint density at radius 3 is 1.83 bits per heavy atom. The Morgan fingerprint density at radius 2 is 1.17 bits per heavy atom. The summed E-state index contributed by atoms with van der Waals surface area (Å²) in [7, 11) is 0. The van der Waals surface area contributed by atoms with E-state index in [0.29, 0.717) is 12.4 Å². The van der Waals surface area contributed by atoms with Crippen LogP contribution in [0.25, 0.3) is 44.5 Å². The molecule has 0 bridgehead atoms. The number of fused-ring (bicyclic) bond motifs is 13. The molecule has 0 aliphatic heterocycles. The lowest BCUT2D eigenvalue weighted by Gasteiger charge is -2.30. The molecule has 0 amide bonds. The Kier molecular flexibility index (Phi) is 10.6. The predicted molar refractivity (Wildman–Crippen MR) is 277 cm³/mol. The highest BCUT2D eigenvalue weighted by molar-refractivity contribution is 6.14. The molecule has 0 radical (unpaired) electrons. The summed E-state index contributed by atoms with van der Waals surface area (Å²) in [4.78, 5) is 14.3. The number of amidine groups is 2. The lowest BCUT2D eigenvalue weighted by Crippen LogP contribution is -2.25. The van der Waals surface area contributed by atoms with E-state index in [0.717, 1.165) is 41.8 Å². The predicted octanol–water partition coefficient (Wildman–Crippen LogP) is 15.2. The highest BCUT2D eigenvalue weighted by Gasteiger charge is 2.51. The summed E-state index contributed by atoms with van der Waals surface area (Å²) < 4.78 is 0. The van der Waals surface area contributed by atoms with Crippen molar-refractivity contribution in [1.29, 1.82) is 0 Å². The average molecular weight is 850 g/mol. The molecule has 1 spiro atoms. The summed E-state index contributed by atoms with van der Waals surface area (Å²) in [5, 5.41) is 0. The number of nitrogens with zero attached hydrogens (tertiary/aromatic N) is 3. The Balaban J connectivity index is 0.000000146. The van der Waals surface area contributed by atoms with Crippen molar-refractivity contribution >= 4 is 18.4 Å². The second kappa shape index (κ2) is 17.0. The molecule has 0 atom stereocenters. The molecule has 0 fully saturated rings. The van der Waals surface area contributed by atoms with Crippen LogP contribution in [0.5, 0.6) is 0 Å². The van der Waals surface area contributed by atoms with Gasteiger partial charge < -0.3 is 0 Å². The van der Waals surface area contributed by atoms with Crippen LogP contribution in [0.15, 0.2) is 215 Å². The normalized spacial score (nSPS) is 14.6. The van der Waals surface area contributed by atoms with Crippen LogP contribution in [-0.2, 0) is 18.4 Å². The van der Waals surface area contributed by atoms with E-state index in [1.807, 2.05) is 18.2 Å². The molecule has 4 aliphatic rings. The van der Waals surface area contributed by atoms with Crippen LogP contribution in [0.2, 0.25) is 0 Å². The zero-order chi connectivity index (χ0) is 44.8. The summed E-state index contributed by atoms with van der Waals surface area (Å²) >= 11 is 0. The van der Waals surface area contributed by atoms with Crippen LogP contribution < -0.4 is 0 Å². The van der Waals surface area contributed by atoms with Gasteiger partial charge in [0.1, 0.15) is 0 Å². The number of allylic oxidation sites excluding steroid dienone is 3. The summed E-state index contributed by atoms with van der Waals surface area (Å²) in [6.45, 7) is 11.1. The minimum absolute atomic E-state index is 0.256. The standard InChI is InChI=1S/C33H24.C30H27N3/c1-21-11-3-4-12-23(21)27-20-28-26-15-7-10-18-31(26)33(32(28)19-22(27)2)29-16-8-5-13-24(29)25-14-6-9-17-30(25)33;1-21-16-17-24-19-28-25(27(24)18-21)14-9-15-26(28)30(31-2)33-29(23-12-7-4-8-13-23)32-20-22-10-5-3-6-11-22/h3-20H,1-2H3;3-7,9-12,14-18H,2,8,13,19-20H2,1H3. The first kappa shape index (κ1) is 41.0. The molecule has 0 saturated carbocycles. The van der Waals surface area contributed by atoms with Crippen molar-refractivity contribution in [3.8, 4) is 44.5 Å². The Labute approximate surface area is 389 Å². The monoisotopic (exact) mass is 849 g/mol. The number of aryl methyl sites for hydroxylation is 3. The molecule has 318 valence electrons. The van der Waals surface area contributed by atoms with E-state index in [-0.39, 0.29) is 5.41 Å². The highest BCUT2D eigenvalue weighted by Crippen LogP contribution is 2.63. The summed E-state index contributed by atoms with van der Waals surface area (Å²) in [5.74, 6) is 1.38. The molecule has 12 rings (SSSR count). The molecular weight excluding hydrogens is 799 g/mol. The van der Waals surface area contributed by atoms with Crippen molar-refractivity contribution in [2.45, 2.75) is 52.0 Å². The van der Waals surface area contributed by atoms with Gasteiger partial charge in [-0.3, -0.25) is 4.99 Å². The number of hydrogen-bond acceptors (Lipinski definition) is 1. The average Bonchev–Trinajstić information content (AvgIpc) is 3.98. The van der Waals surface area contributed by atoms with Crippen LogP contribution >= 0.6 is 0 Å². The minimum atomic E-state index is -0.256. The van der Waals surface area contributed by atoms with Gasteiger partial charge in [-0.15, -0.1) is 0 Å². The third-order valence-corrected chi connectivity index (χ3v) is 14.0. The van der Waals surface area contributed by atoms with Gasteiger partial charge in [0.05, 0.1) is 12.0 Å². The first-order valence-electron chi connectivity index (χ1n) is 23.2. The zero-order valence-corrected chi connectivity index (χ0v) is 37.9. The van der Waals surface area contributed by atoms with Gasteiger partial charge in [-0.2, -0.15) is 0 Å². The van der Waals surface area contributed by atoms with Crippen LogP contribution in [0, 0.1) is 20.8 Å². The molecule has 0 N–H and O–H groups in total. The van der Waals surface area contributed by atoms with Crippen molar-refractivity contribution in [3.05, 3.63) is 261 Å². The summed E-state index contributed by atoms with van der Waals surface area (Å²) in [6.07, 6.45) is 9.20. The molecule has 8 aromatic carbocycles. The van der Waals surface area contributed by atoms with Gasteiger partial charge in [-0.05, 0) is 153 Å². The van der Waals surface area contributed by atoms with Crippen molar-refractivity contribution in [3.63, 3.8) is 0 Å². The molecule has 4 aliphatic carbocycles. The molecule has 8 aromatic rings. The maximum absolute atomic E-state index is 5.00. The fraction of sp³-hybridized carbons (Fsp3) is 0.127. The van der Waals surface area contributed by atoms with Gasteiger partial charge in [-0.25, -0.2) is 9.98 Å². The van der Waals surface area contributed by atoms with Crippen LogP contribution in [0.1, 0.15) is 74.0 Å². The lowest BCUT2D eigenvalue weighted by molar-refractivity contribution is 0.793. The quantitative estimate of drug-likeness (QED) is 0.122. The van der Waals surface area contributed by atoms with Crippen LogP contribution in [-0.4, -0.2) is 18.4 Å². The summed E-state index contributed by atoms with van der Waals surface area (Å²) in [6, 6.07) is 64.1. The smallest absolute Gasteiger partial charge is 0.161 e. The van der Waals surface area contributed by atoms with Gasteiger partial charge in [0.2, 0.25) is 0 Å². The van der Waals surface area contributed by atoms with E-state index in [1.165, 1.54) is 94.6 Å². The molecule has 0 unspecified atom stereocenters. The molecular formula is C63H51N3. The topological polar surface area (TPSA) is 37.1 Å². The van der Waals surface area contributed by atoms with Crippen molar-refractivity contribution in [1.82, 2.24) is 0 Å². The lowest BCUT2D eigenvalue weighted by atomic mass is 9.70. The van der Waals surface area contributed by atoms with E-state index in [9.17, 15) is 0 Å². The van der Waals surface area contributed by atoms with Gasteiger partial charge in [0.15, 0.2) is 11.7 Å². The van der Waals surface area contributed by atoms with Crippen molar-refractivity contribution in [2.24, 2.45) is 15.0 Å². The molecule has 0 saturated heterocycles. The van der Waals surface area contributed by atoms with Crippen molar-refractivity contribution < 1.29 is 0 Å². The van der Waals surface area contributed by atoms with E-state index < -0.39 is 0 Å². The number of aliphatic imine (C=N–C) groups is 3. The Bertz CT molecular complexity index is 3310. The molecule has 66 heavy (non-hydrogen) atoms. The zero-order valence-electron chi connectivity index (χ0n) is 37.9. The SMILES string of the molecule is C=NC(=NC(=NCc1ccccc1)C1=CC=CCC1)c1cccc2c1Cc1ccc(C)cc1-2.Cc1ccccc1-c1cc2c(cc1C)C1(c3ccccc3-c3ccccc31)c1ccccc1-2. The fourth-order valence-electron chi connectivity index (χ4n) is 11.0. The Morgan fingerprint density at radius 1 is 0.530 bits per heavy atom. The third-order valence-electron chi connectivity index (χ3n) is 14.0. The minimum Gasteiger partial charge on any atom is -0.262 e. The van der Waals surface area contributed by atoms with Crippen LogP contribution in [0.4, 0.5) is 0 Å². The molecule has 3 nitrogen and oxygen atoms in total. The Hall–Kier alpha value is -7.75. The third kappa shape index (κ3) is 6.86. The van der Waals surface area contributed by atoms with Gasteiger partial charge >= 0.3 is 0 Å². The van der Waals surface area contributed by atoms with Gasteiger partial charge in [0, 0.05) is 5.56 Å². The number of rotatable bonds is 5. The first-order chi connectivity index (χ1) is 32.4. The second-order valence-electron chi connectivity index (χ2n) is 18.0. The molecule has 0 aromatic heterocycles. The van der Waals surface area contributed by atoms with E-state index in [4.69, 9.17) is 9.98 Å². The van der Waals surface area contributed by atoms with Gasteiger partial charge in [0.25, 0.3) is 0 Å². The largest absolute Gasteiger partial charge is 0.262 e. The number of hydrogen-bond donors (Lipinski definition) is 0. The maximum atomic E-state index is 5.00. The fourth-order valence-corrected chi connectivity index (χ4v) is 11.0. The van der Waals surface area contributed by atoms with E-state index in [1.54, 1.807) is 0 Å². The number of benzene rings is 8. The first-order valence-corrected chi connectivity index (χ1v) is 23.2. The summed E-state index contributed by atoms with van der Waals surface area (Å²) in [5.41, 5.74) is 25.9. The highest BCUT2D eigenvalue weighted by atomic mass is 15.0. The van der Waals surface area contributed by atoms with E-state index in [2.05, 4.69) is 208 Å². The second-order valence-corrected chi connectivity index (χ2v) is 18.0. The van der Waals surface area contributed by atoms with Gasteiger partial charge in [-0.1, -0.05) is 194 Å². The molecule has 3 heteroatoms. The van der Waals surface area contributed by atoms with Crippen LogP contribution in [0.3, 0.4) is 0 Å². The van der Waals surface area contributed by atoms with Crippen molar-refractivity contribution in [2.75, 3.05) is 0 Å². The maximum Gasteiger partial charge on any atom is 0.161 e. The van der Waals surface area contributed by atoms with E-state index >= 15 is 0 Å².